The van der Waals surface area contributed by atoms with Gasteiger partial charge in [0, 0.05) is 11.2 Å². The van der Waals surface area contributed by atoms with Crippen molar-refractivity contribution in [2.45, 2.75) is 25.8 Å². The van der Waals surface area contributed by atoms with Gasteiger partial charge in [0.05, 0.1) is 11.7 Å². The highest BCUT2D eigenvalue weighted by atomic mass is 35.5. The molecule has 1 heterocycles. The fraction of sp³-hybridized carbons (Fsp3) is 0.333. The summed E-state index contributed by atoms with van der Waals surface area (Å²) in [7, 11) is 0. The lowest BCUT2D eigenvalue weighted by Gasteiger charge is -2.18. The minimum Gasteiger partial charge on any atom is -0.308 e. The first kappa shape index (κ1) is 14.9. The van der Waals surface area contributed by atoms with E-state index in [0.717, 1.165) is 18.7 Å². The molecule has 0 aliphatic carbocycles. The Labute approximate surface area is 123 Å². The van der Waals surface area contributed by atoms with Gasteiger partial charge in [0.2, 0.25) is 0 Å². The number of hydrogen-bond donors (Lipinski definition) is 1. The summed E-state index contributed by atoms with van der Waals surface area (Å²) in [6.07, 6.45) is 4.70. The van der Waals surface area contributed by atoms with Crippen molar-refractivity contribution in [3.63, 3.8) is 0 Å². The number of hydrogen-bond acceptors (Lipinski definition) is 3. The van der Waals surface area contributed by atoms with E-state index >= 15 is 0 Å². The molecule has 2 rings (SSSR count). The van der Waals surface area contributed by atoms with Crippen molar-refractivity contribution in [1.29, 1.82) is 0 Å². The summed E-state index contributed by atoms with van der Waals surface area (Å²) in [5, 5.41) is 3.92. The fourth-order valence-corrected chi connectivity index (χ4v) is 2.22. The van der Waals surface area contributed by atoms with Crippen LogP contribution in [0.25, 0.3) is 0 Å². The quantitative estimate of drug-likeness (QED) is 0.885. The van der Waals surface area contributed by atoms with Crippen molar-refractivity contribution in [3.05, 3.63) is 58.9 Å². The van der Waals surface area contributed by atoms with Gasteiger partial charge in [-0.1, -0.05) is 18.5 Å². The molecule has 2 aromatic rings. The van der Waals surface area contributed by atoms with Crippen molar-refractivity contribution < 1.29 is 4.39 Å². The number of nitrogens with one attached hydrogen (secondary N) is 1. The maximum atomic E-state index is 13.8. The van der Waals surface area contributed by atoms with Gasteiger partial charge in [-0.05, 0) is 49.2 Å². The van der Waals surface area contributed by atoms with E-state index in [1.807, 2.05) is 6.07 Å². The zero-order chi connectivity index (χ0) is 14.4. The van der Waals surface area contributed by atoms with E-state index in [1.165, 1.54) is 12.4 Å². The molecule has 0 saturated heterocycles. The SMILES string of the molecule is CCCNC(Cc1cc(Cl)ccc1F)c1ccncn1. The van der Waals surface area contributed by atoms with Gasteiger partial charge in [-0.25, -0.2) is 14.4 Å². The van der Waals surface area contributed by atoms with Crippen molar-refractivity contribution in [1.82, 2.24) is 15.3 Å². The highest BCUT2D eigenvalue weighted by Gasteiger charge is 2.15. The van der Waals surface area contributed by atoms with Gasteiger partial charge >= 0.3 is 0 Å². The van der Waals surface area contributed by atoms with Crippen LogP contribution in [0.15, 0.2) is 36.8 Å². The molecule has 1 N–H and O–H groups in total. The lowest BCUT2D eigenvalue weighted by atomic mass is 10.0. The number of benzene rings is 1. The van der Waals surface area contributed by atoms with Gasteiger partial charge in [0.25, 0.3) is 0 Å². The van der Waals surface area contributed by atoms with Crippen molar-refractivity contribution in [2.24, 2.45) is 0 Å². The molecular weight excluding hydrogens is 277 g/mol. The first-order valence-electron chi connectivity index (χ1n) is 6.64. The molecule has 1 aromatic carbocycles. The summed E-state index contributed by atoms with van der Waals surface area (Å²) in [6.45, 7) is 2.93. The minimum absolute atomic E-state index is 0.0501. The molecule has 1 unspecified atom stereocenters. The molecule has 0 radical (unpaired) electrons. The molecule has 0 bridgehead atoms. The Balaban J connectivity index is 2.21. The molecule has 5 heteroatoms. The fourth-order valence-electron chi connectivity index (χ4n) is 2.03. The lowest BCUT2D eigenvalue weighted by Crippen LogP contribution is -2.25. The van der Waals surface area contributed by atoms with Gasteiger partial charge in [-0.3, -0.25) is 0 Å². The van der Waals surface area contributed by atoms with Gasteiger partial charge in [0.1, 0.15) is 12.1 Å². The Morgan fingerprint density at radius 2 is 2.20 bits per heavy atom. The first-order valence-corrected chi connectivity index (χ1v) is 7.01. The van der Waals surface area contributed by atoms with Crippen LogP contribution in [0.4, 0.5) is 4.39 Å². The van der Waals surface area contributed by atoms with Crippen LogP contribution in [0.3, 0.4) is 0 Å². The number of aromatic nitrogens is 2. The minimum atomic E-state index is -0.244. The second kappa shape index (κ2) is 7.31. The molecule has 0 saturated carbocycles. The molecule has 0 amide bonds. The van der Waals surface area contributed by atoms with E-state index in [2.05, 4.69) is 22.2 Å². The molecule has 0 aliphatic rings. The lowest BCUT2D eigenvalue weighted by molar-refractivity contribution is 0.502. The van der Waals surface area contributed by atoms with Crippen LogP contribution in [0.1, 0.15) is 30.6 Å². The molecule has 0 fully saturated rings. The van der Waals surface area contributed by atoms with E-state index in [4.69, 9.17) is 11.6 Å². The molecule has 1 atom stereocenters. The first-order chi connectivity index (χ1) is 9.70. The van der Waals surface area contributed by atoms with E-state index < -0.39 is 0 Å². The molecule has 106 valence electrons. The highest BCUT2D eigenvalue weighted by Crippen LogP contribution is 2.21. The van der Waals surface area contributed by atoms with Crippen LogP contribution >= 0.6 is 11.6 Å². The topological polar surface area (TPSA) is 37.8 Å². The summed E-state index contributed by atoms with van der Waals surface area (Å²) in [5.41, 5.74) is 1.44. The van der Waals surface area contributed by atoms with Gasteiger partial charge in [-0.2, -0.15) is 0 Å². The second-order valence-electron chi connectivity index (χ2n) is 4.58. The van der Waals surface area contributed by atoms with Crippen LogP contribution in [-0.4, -0.2) is 16.5 Å². The largest absolute Gasteiger partial charge is 0.308 e. The molecule has 0 aliphatic heterocycles. The Morgan fingerprint density at radius 3 is 2.90 bits per heavy atom. The average molecular weight is 294 g/mol. The summed E-state index contributed by atoms with van der Waals surface area (Å²) >= 11 is 5.94. The summed E-state index contributed by atoms with van der Waals surface area (Å²) in [4.78, 5) is 8.16. The molecule has 1 aromatic heterocycles. The van der Waals surface area contributed by atoms with Crippen LogP contribution in [0, 0.1) is 5.82 Å². The van der Waals surface area contributed by atoms with Crippen molar-refractivity contribution >= 4 is 11.6 Å². The summed E-state index contributed by atoms with van der Waals surface area (Å²) in [5.74, 6) is -0.244. The van der Waals surface area contributed by atoms with Crippen LogP contribution in [0.5, 0.6) is 0 Å². The molecule has 20 heavy (non-hydrogen) atoms. The van der Waals surface area contributed by atoms with Crippen LogP contribution in [0.2, 0.25) is 5.02 Å². The molecular formula is C15H17ClFN3. The van der Waals surface area contributed by atoms with Crippen molar-refractivity contribution in [3.8, 4) is 0 Å². The summed E-state index contributed by atoms with van der Waals surface area (Å²) in [6, 6.07) is 6.41. The average Bonchev–Trinajstić information content (AvgIpc) is 2.48. The number of halogens is 2. The monoisotopic (exact) mass is 293 g/mol. The molecule has 3 nitrogen and oxygen atoms in total. The highest BCUT2D eigenvalue weighted by molar-refractivity contribution is 6.30. The van der Waals surface area contributed by atoms with E-state index in [0.29, 0.717) is 17.0 Å². The number of rotatable bonds is 6. The third-order valence-corrected chi connectivity index (χ3v) is 3.27. The van der Waals surface area contributed by atoms with E-state index in [-0.39, 0.29) is 11.9 Å². The third kappa shape index (κ3) is 3.99. The Bertz CT molecular complexity index is 548. The predicted molar refractivity (Wildman–Crippen MR) is 78.2 cm³/mol. The van der Waals surface area contributed by atoms with Crippen molar-refractivity contribution in [2.75, 3.05) is 6.54 Å². The Kier molecular flexibility index (Phi) is 5.44. The standard InChI is InChI=1S/C15H17ClFN3/c1-2-6-19-15(14-5-7-18-10-20-14)9-11-8-12(16)3-4-13(11)17/h3-5,7-8,10,15,19H,2,6,9H2,1H3. The third-order valence-electron chi connectivity index (χ3n) is 3.03. The normalized spacial score (nSPS) is 12.3. The zero-order valence-corrected chi connectivity index (χ0v) is 12.1. The van der Waals surface area contributed by atoms with Crippen LogP contribution < -0.4 is 5.32 Å². The number of nitrogens with zero attached hydrogens (tertiary/aromatic N) is 2. The Morgan fingerprint density at radius 1 is 1.35 bits per heavy atom. The summed E-state index contributed by atoms with van der Waals surface area (Å²) < 4.78 is 13.8. The van der Waals surface area contributed by atoms with Gasteiger partial charge in [-0.15, -0.1) is 0 Å². The van der Waals surface area contributed by atoms with Crippen LogP contribution in [-0.2, 0) is 6.42 Å². The van der Waals surface area contributed by atoms with E-state index in [9.17, 15) is 4.39 Å². The predicted octanol–water partition coefficient (Wildman–Crippen LogP) is 3.55. The zero-order valence-electron chi connectivity index (χ0n) is 11.3. The molecule has 0 spiro atoms. The van der Waals surface area contributed by atoms with Gasteiger partial charge in [0.15, 0.2) is 0 Å². The smallest absolute Gasteiger partial charge is 0.126 e. The maximum absolute atomic E-state index is 13.8. The maximum Gasteiger partial charge on any atom is 0.126 e. The van der Waals surface area contributed by atoms with Gasteiger partial charge < -0.3 is 5.32 Å². The van der Waals surface area contributed by atoms with E-state index in [1.54, 1.807) is 18.3 Å². The Hall–Kier alpha value is -1.52. The second-order valence-corrected chi connectivity index (χ2v) is 5.02.